The van der Waals surface area contributed by atoms with Gasteiger partial charge in [-0.05, 0) is 13.8 Å². The Balaban J connectivity index is 2.58. The average molecular weight is 303 g/mol. The van der Waals surface area contributed by atoms with E-state index >= 15 is 0 Å². The fraction of sp³-hybridized carbons (Fsp3) is 0.636. The number of hydrogen-bond donors (Lipinski definition) is 3. The summed E-state index contributed by atoms with van der Waals surface area (Å²) in [4.78, 5) is 15.8. The summed E-state index contributed by atoms with van der Waals surface area (Å²) in [5, 5.41) is 2.64. The van der Waals surface area contributed by atoms with Gasteiger partial charge in [0.25, 0.3) is 5.91 Å². The van der Waals surface area contributed by atoms with Gasteiger partial charge in [-0.2, -0.15) is 0 Å². The third kappa shape index (κ3) is 5.68. The van der Waals surface area contributed by atoms with Crippen molar-refractivity contribution in [3.05, 3.63) is 18.2 Å². The summed E-state index contributed by atoms with van der Waals surface area (Å²) in [6.07, 6.45) is 4.20. The molecule has 0 aromatic carbocycles. The number of aromatic nitrogens is 2. The smallest absolute Gasteiger partial charge is 0.271 e. The number of nitrogens with one attached hydrogen (secondary N) is 2. The first-order chi connectivity index (χ1) is 9.13. The minimum atomic E-state index is -3.33. The van der Waals surface area contributed by atoms with Gasteiger partial charge in [0, 0.05) is 31.4 Å². The van der Waals surface area contributed by atoms with E-state index in [-0.39, 0.29) is 18.1 Å². The molecular weight excluding hydrogens is 282 g/mol. The Labute approximate surface area is 118 Å². The van der Waals surface area contributed by atoms with E-state index < -0.39 is 15.6 Å². The molecule has 1 rings (SSSR count). The fourth-order valence-corrected chi connectivity index (χ4v) is 2.75. The highest BCUT2D eigenvalue weighted by atomic mass is 32.2. The SMILES string of the molecule is CC(C)(CNC(=O)c1cn(CCN)cn1)NS(C)(=O)=O. The van der Waals surface area contributed by atoms with Gasteiger partial charge in [-0.1, -0.05) is 0 Å². The molecule has 9 heteroatoms. The van der Waals surface area contributed by atoms with E-state index in [9.17, 15) is 13.2 Å². The molecule has 0 saturated heterocycles. The zero-order valence-corrected chi connectivity index (χ0v) is 12.7. The Morgan fingerprint density at radius 1 is 1.50 bits per heavy atom. The van der Waals surface area contributed by atoms with E-state index in [0.717, 1.165) is 6.26 Å². The van der Waals surface area contributed by atoms with Crippen LogP contribution in [0.1, 0.15) is 24.3 Å². The molecule has 0 aliphatic heterocycles. The molecule has 0 unspecified atom stereocenters. The highest BCUT2D eigenvalue weighted by Crippen LogP contribution is 2.03. The van der Waals surface area contributed by atoms with Crippen LogP contribution in [0.4, 0.5) is 0 Å². The lowest BCUT2D eigenvalue weighted by Gasteiger charge is -2.25. The van der Waals surface area contributed by atoms with Crippen LogP contribution in [0.3, 0.4) is 0 Å². The summed E-state index contributed by atoms with van der Waals surface area (Å²) in [5.74, 6) is -0.357. The van der Waals surface area contributed by atoms with Crippen LogP contribution in [0.15, 0.2) is 12.5 Å². The van der Waals surface area contributed by atoms with Crippen molar-refractivity contribution in [3.8, 4) is 0 Å². The third-order valence-electron chi connectivity index (χ3n) is 2.41. The van der Waals surface area contributed by atoms with Crippen LogP contribution >= 0.6 is 0 Å². The van der Waals surface area contributed by atoms with Gasteiger partial charge in [-0.25, -0.2) is 18.1 Å². The van der Waals surface area contributed by atoms with Crippen LogP contribution in [0, 0.1) is 0 Å². The first kappa shape index (κ1) is 16.6. The van der Waals surface area contributed by atoms with Crippen LogP contribution in [0.25, 0.3) is 0 Å². The Kier molecular flexibility index (Phi) is 5.26. The first-order valence-corrected chi connectivity index (χ1v) is 8.01. The zero-order chi connectivity index (χ0) is 15.4. The molecule has 0 atom stereocenters. The van der Waals surface area contributed by atoms with Crippen molar-refractivity contribution in [1.82, 2.24) is 19.6 Å². The van der Waals surface area contributed by atoms with Crippen LogP contribution < -0.4 is 15.8 Å². The number of hydrogen-bond acceptors (Lipinski definition) is 5. The topological polar surface area (TPSA) is 119 Å². The number of carbonyl (C=O) groups is 1. The second kappa shape index (κ2) is 6.33. The lowest BCUT2D eigenvalue weighted by Crippen LogP contribution is -2.51. The molecule has 0 bridgehead atoms. The molecule has 0 aliphatic rings. The van der Waals surface area contributed by atoms with Crippen molar-refractivity contribution in [2.24, 2.45) is 5.73 Å². The van der Waals surface area contributed by atoms with Gasteiger partial charge in [0.2, 0.25) is 10.0 Å². The number of imidazole rings is 1. The second-order valence-corrected chi connectivity index (χ2v) is 6.97. The van der Waals surface area contributed by atoms with Crippen LogP contribution in [-0.2, 0) is 16.6 Å². The van der Waals surface area contributed by atoms with Crippen molar-refractivity contribution >= 4 is 15.9 Å². The normalized spacial score (nSPS) is 12.4. The van der Waals surface area contributed by atoms with Crippen LogP contribution in [0.2, 0.25) is 0 Å². The number of sulfonamides is 1. The molecule has 8 nitrogen and oxygen atoms in total. The molecule has 0 spiro atoms. The maximum atomic E-state index is 11.9. The van der Waals surface area contributed by atoms with Gasteiger partial charge in [-0.15, -0.1) is 0 Å². The van der Waals surface area contributed by atoms with Gasteiger partial charge in [0.15, 0.2) is 0 Å². The molecule has 1 aromatic rings. The summed E-state index contributed by atoms with van der Waals surface area (Å²) in [7, 11) is -3.33. The second-order valence-electron chi connectivity index (χ2n) is 5.23. The predicted molar refractivity (Wildman–Crippen MR) is 75.7 cm³/mol. The Morgan fingerprint density at radius 3 is 2.70 bits per heavy atom. The Morgan fingerprint density at radius 2 is 2.15 bits per heavy atom. The Hall–Kier alpha value is -1.45. The molecular formula is C11H21N5O3S. The highest BCUT2D eigenvalue weighted by molar-refractivity contribution is 7.88. The van der Waals surface area contributed by atoms with Crippen molar-refractivity contribution < 1.29 is 13.2 Å². The molecule has 4 N–H and O–H groups in total. The number of amides is 1. The van der Waals surface area contributed by atoms with Crippen molar-refractivity contribution in [2.45, 2.75) is 25.9 Å². The molecule has 1 heterocycles. The summed E-state index contributed by atoms with van der Waals surface area (Å²) in [6.45, 7) is 4.56. The number of nitrogens with two attached hydrogens (primary N) is 1. The molecule has 0 aliphatic carbocycles. The average Bonchev–Trinajstić information content (AvgIpc) is 2.72. The lowest BCUT2D eigenvalue weighted by atomic mass is 10.1. The van der Waals surface area contributed by atoms with Crippen molar-refractivity contribution in [1.29, 1.82) is 0 Å². The summed E-state index contributed by atoms with van der Waals surface area (Å²) in [5.41, 5.74) is 4.90. The maximum absolute atomic E-state index is 11.9. The zero-order valence-electron chi connectivity index (χ0n) is 11.9. The molecule has 1 amide bonds. The molecule has 0 radical (unpaired) electrons. The minimum absolute atomic E-state index is 0.155. The van der Waals surface area contributed by atoms with Gasteiger partial charge in [-0.3, -0.25) is 4.79 Å². The van der Waals surface area contributed by atoms with Gasteiger partial charge in [0.05, 0.1) is 12.6 Å². The van der Waals surface area contributed by atoms with E-state index in [0.29, 0.717) is 13.1 Å². The first-order valence-electron chi connectivity index (χ1n) is 6.12. The quantitative estimate of drug-likeness (QED) is 0.590. The van der Waals surface area contributed by atoms with E-state index in [1.54, 1.807) is 24.6 Å². The maximum Gasteiger partial charge on any atom is 0.271 e. The number of nitrogens with zero attached hydrogens (tertiary/aromatic N) is 2. The predicted octanol–water partition coefficient (Wildman–Crippen LogP) is -1.10. The lowest BCUT2D eigenvalue weighted by molar-refractivity contribution is 0.0940. The third-order valence-corrected chi connectivity index (χ3v) is 3.33. The minimum Gasteiger partial charge on any atom is -0.349 e. The Bertz CT molecular complexity index is 564. The molecule has 0 fully saturated rings. The van der Waals surface area contributed by atoms with Gasteiger partial charge >= 0.3 is 0 Å². The summed E-state index contributed by atoms with van der Waals surface area (Å²) < 4.78 is 26.5. The highest BCUT2D eigenvalue weighted by Gasteiger charge is 2.23. The number of rotatable bonds is 7. The summed E-state index contributed by atoms with van der Waals surface area (Å²) in [6, 6.07) is 0. The fourth-order valence-electron chi connectivity index (χ4n) is 1.68. The largest absolute Gasteiger partial charge is 0.349 e. The molecule has 0 saturated carbocycles. The number of carbonyl (C=O) groups excluding carboxylic acids is 1. The van der Waals surface area contributed by atoms with E-state index in [2.05, 4.69) is 15.0 Å². The van der Waals surface area contributed by atoms with Crippen LogP contribution in [-0.4, -0.2) is 48.8 Å². The molecule has 1 aromatic heterocycles. The van der Waals surface area contributed by atoms with Crippen molar-refractivity contribution in [3.63, 3.8) is 0 Å². The van der Waals surface area contributed by atoms with Crippen molar-refractivity contribution in [2.75, 3.05) is 19.3 Å². The van der Waals surface area contributed by atoms with Crippen LogP contribution in [0.5, 0.6) is 0 Å². The van der Waals surface area contributed by atoms with Gasteiger partial charge in [0.1, 0.15) is 5.69 Å². The van der Waals surface area contributed by atoms with E-state index in [1.165, 1.54) is 6.33 Å². The monoisotopic (exact) mass is 303 g/mol. The molecule has 114 valence electrons. The van der Waals surface area contributed by atoms with Gasteiger partial charge < -0.3 is 15.6 Å². The van der Waals surface area contributed by atoms with E-state index in [1.807, 2.05) is 0 Å². The standard InChI is InChI=1S/C11H21N5O3S/c1-11(2,15-20(3,18)19)7-13-10(17)9-6-16(5-4-12)8-14-9/h6,8,15H,4-5,7,12H2,1-3H3,(H,13,17). The summed E-state index contributed by atoms with van der Waals surface area (Å²) >= 11 is 0. The van der Waals surface area contributed by atoms with E-state index in [4.69, 9.17) is 5.73 Å². The molecule has 20 heavy (non-hydrogen) atoms.